The maximum absolute atomic E-state index is 12.3. The summed E-state index contributed by atoms with van der Waals surface area (Å²) in [6.45, 7) is 2.34. The largest absolute Gasteiger partial charge is 0.505 e. The quantitative estimate of drug-likeness (QED) is 0.642. The van der Waals surface area contributed by atoms with E-state index in [0.717, 1.165) is 6.54 Å². The van der Waals surface area contributed by atoms with Gasteiger partial charge in [0.15, 0.2) is 5.69 Å². The van der Waals surface area contributed by atoms with E-state index in [-0.39, 0.29) is 36.0 Å². The molecule has 0 saturated carbocycles. The van der Waals surface area contributed by atoms with Gasteiger partial charge in [-0.3, -0.25) is 9.59 Å². The molecule has 2 saturated heterocycles. The van der Waals surface area contributed by atoms with Crippen LogP contribution in [0.1, 0.15) is 10.5 Å². The minimum Gasteiger partial charge on any atom is -0.505 e. The fourth-order valence-electron chi connectivity index (χ4n) is 2.81. The zero-order valence-corrected chi connectivity index (χ0v) is 12.0. The standard InChI is InChI=1S/C14H18N4O4/c19-10-2-1-3-16-13(10)14(21)17-8-12(20)18-4-5-22-11-7-15-6-9(11)18/h1-3,9,11,15,19H,4-8H2,(H,17,21)/t9-,11+/m0/s1. The number of carbonyl (C=O) groups is 2. The van der Waals surface area contributed by atoms with Gasteiger partial charge in [0.05, 0.1) is 25.3 Å². The summed E-state index contributed by atoms with van der Waals surface area (Å²) in [6.07, 6.45) is 1.43. The number of aromatic hydroxyl groups is 1. The highest BCUT2D eigenvalue weighted by atomic mass is 16.5. The first-order chi connectivity index (χ1) is 10.7. The summed E-state index contributed by atoms with van der Waals surface area (Å²) in [5, 5.41) is 15.3. The first-order valence-electron chi connectivity index (χ1n) is 7.21. The molecule has 0 unspecified atom stereocenters. The van der Waals surface area contributed by atoms with Crippen molar-refractivity contribution in [3.8, 4) is 5.75 Å². The lowest BCUT2D eigenvalue weighted by Gasteiger charge is -2.37. The smallest absolute Gasteiger partial charge is 0.274 e. The van der Waals surface area contributed by atoms with Crippen molar-refractivity contribution in [2.24, 2.45) is 0 Å². The first-order valence-corrected chi connectivity index (χ1v) is 7.21. The number of morpholine rings is 1. The number of pyridine rings is 1. The van der Waals surface area contributed by atoms with Crippen molar-refractivity contribution < 1.29 is 19.4 Å². The monoisotopic (exact) mass is 306 g/mol. The van der Waals surface area contributed by atoms with E-state index in [9.17, 15) is 14.7 Å². The van der Waals surface area contributed by atoms with Gasteiger partial charge in [-0.1, -0.05) is 0 Å². The Hall–Kier alpha value is -2.19. The van der Waals surface area contributed by atoms with Crippen LogP contribution in [0.25, 0.3) is 0 Å². The maximum atomic E-state index is 12.3. The van der Waals surface area contributed by atoms with Gasteiger partial charge in [-0.25, -0.2) is 4.98 Å². The lowest BCUT2D eigenvalue weighted by molar-refractivity contribution is -0.141. The molecule has 1 aromatic rings. The van der Waals surface area contributed by atoms with Crippen LogP contribution in [0.2, 0.25) is 0 Å². The molecule has 2 amide bonds. The van der Waals surface area contributed by atoms with E-state index in [2.05, 4.69) is 15.6 Å². The summed E-state index contributed by atoms with van der Waals surface area (Å²) in [5.41, 5.74) is -0.0855. The molecule has 3 heterocycles. The molecule has 0 aliphatic carbocycles. The van der Waals surface area contributed by atoms with Gasteiger partial charge in [0.2, 0.25) is 5.91 Å². The van der Waals surface area contributed by atoms with E-state index in [0.29, 0.717) is 19.7 Å². The summed E-state index contributed by atoms with van der Waals surface area (Å²) in [7, 11) is 0. The molecule has 2 aliphatic rings. The van der Waals surface area contributed by atoms with Gasteiger partial charge in [0, 0.05) is 25.8 Å². The first kappa shape index (κ1) is 14.7. The Balaban J connectivity index is 1.58. The van der Waals surface area contributed by atoms with Crippen molar-refractivity contribution in [3.05, 3.63) is 24.0 Å². The summed E-state index contributed by atoms with van der Waals surface area (Å²) in [4.78, 5) is 29.8. The zero-order valence-electron chi connectivity index (χ0n) is 12.0. The Morgan fingerprint density at radius 2 is 2.36 bits per heavy atom. The lowest BCUT2D eigenvalue weighted by Crippen LogP contribution is -2.55. The number of hydrogen-bond acceptors (Lipinski definition) is 6. The fourth-order valence-corrected chi connectivity index (χ4v) is 2.81. The van der Waals surface area contributed by atoms with Crippen LogP contribution in [0, 0.1) is 0 Å². The third-order valence-electron chi connectivity index (χ3n) is 3.91. The fraction of sp³-hybridized carbons (Fsp3) is 0.500. The average Bonchev–Trinajstić information content (AvgIpc) is 3.01. The topological polar surface area (TPSA) is 104 Å². The van der Waals surface area contributed by atoms with E-state index >= 15 is 0 Å². The van der Waals surface area contributed by atoms with Gasteiger partial charge in [-0.05, 0) is 12.1 Å². The second-order valence-corrected chi connectivity index (χ2v) is 5.28. The number of nitrogens with zero attached hydrogens (tertiary/aromatic N) is 2. The van der Waals surface area contributed by atoms with Crippen LogP contribution in [0.3, 0.4) is 0 Å². The van der Waals surface area contributed by atoms with E-state index in [1.54, 1.807) is 4.90 Å². The van der Waals surface area contributed by atoms with E-state index in [1.165, 1.54) is 18.3 Å². The predicted molar refractivity (Wildman–Crippen MR) is 76.3 cm³/mol. The molecular weight excluding hydrogens is 288 g/mol. The number of amides is 2. The summed E-state index contributed by atoms with van der Waals surface area (Å²) in [5.74, 6) is -0.939. The van der Waals surface area contributed by atoms with Gasteiger partial charge in [-0.15, -0.1) is 0 Å². The summed E-state index contributed by atoms with van der Waals surface area (Å²) >= 11 is 0. The Kier molecular flexibility index (Phi) is 4.21. The van der Waals surface area contributed by atoms with Gasteiger partial charge in [-0.2, -0.15) is 0 Å². The van der Waals surface area contributed by atoms with Crippen LogP contribution < -0.4 is 10.6 Å². The third kappa shape index (κ3) is 2.88. The molecule has 2 fully saturated rings. The van der Waals surface area contributed by atoms with E-state index < -0.39 is 5.91 Å². The van der Waals surface area contributed by atoms with Crippen molar-refractivity contribution in [1.29, 1.82) is 0 Å². The third-order valence-corrected chi connectivity index (χ3v) is 3.91. The van der Waals surface area contributed by atoms with E-state index in [4.69, 9.17) is 4.74 Å². The van der Waals surface area contributed by atoms with Crippen molar-refractivity contribution in [2.45, 2.75) is 12.1 Å². The molecule has 0 bridgehead atoms. The average molecular weight is 306 g/mol. The molecule has 0 aromatic carbocycles. The maximum Gasteiger partial charge on any atom is 0.274 e. The number of rotatable bonds is 3. The molecular formula is C14H18N4O4. The lowest BCUT2D eigenvalue weighted by atomic mass is 10.1. The number of hydrogen-bond donors (Lipinski definition) is 3. The Morgan fingerprint density at radius 3 is 3.18 bits per heavy atom. The van der Waals surface area contributed by atoms with Gasteiger partial charge in [0.1, 0.15) is 5.75 Å². The van der Waals surface area contributed by atoms with Gasteiger partial charge >= 0.3 is 0 Å². The number of carbonyl (C=O) groups excluding carboxylic acids is 2. The highest BCUT2D eigenvalue weighted by molar-refractivity contribution is 5.96. The van der Waals surface area contributed by atoms with Crippen LogP contribution in [0.15, 0.2) is 18.3 Å². The minimum atomic E-state index is -0.569. The summed E-state index contributed by atoms with van der Waals surface area (Å²) in [6, 6.07) is 2.92. The molecule has 2 atom stereocenters. The molecule has 2 aliphatic heterocycles. The normalized spacial score (nSPS) is 23.9. The SMILES string of the molecule is O=C(NCC(=O)N1CCO[C@@H]2CNC[C@@H]21)c1ncccc1O. The Morgan fingerprint density at radius 1 is 1.50 bits per heavy atom. The highest BCUT2D eigenvalue weighted by Gasteiger charge is 2.38. The second-order valence-electron chi connectivity index (χ2n) is 5.28. The molecule has 22 heavy (non-hydrogen) atoms. The number of aromatic nitrogens is 1. The molecule has 0 spiro atoms. The van der Waals surface area contributed by atoms with Gasteiger partial charge in [0.25, 0.3) is 5.91 Å². The Labute approximate surface area is 127 Å². The molecule has 0 radical (unpaired) electrons. The highest BCUT2D eigenvalue weighted by Crippen LogP contribution is 2.17. The van der Waals surface area contributed by atoms with Crippen molar-refractivity contribution >= 4 is 11.8 Å². The van der Waals surface area contributed by atoms with Crippen LogP contribution in [-0.4, -0.2) is 71.7 Å². The molecule has 118 valence electrons. The molecule has 3 N–H and O–H groups in total. The molecule has 1 aromatic heterocycles. The van der Waals surface area contributed by atoms with Crippen molar-refractivity contribution in [1.82, 2.24) is 20.5 Å². The van der Waals surface area contributed by atoms with Crippen molar-refractivity contribution in [2.75, 3.05) is 32.8 Å². The number of ether oxygens (including phenoxy) is 1. The van der Waals surface area contributed by atoms with Gasteiger partial charge < -0.3 is 25.4 Å². The number of fused-ring (bicyclic) bond motifs is 1. The predicted octanol–water partition coefficient (Wildman–Crippen LogP) is -1.28. The Bertz CT molecular complexity index is 580. The van der Waals surface area contributed by atoms with Crippen LogP contribution in [0.5, 0.6) is 5.75 Å². The molecule has 3 rings (SSSR count). The molecule has 8 nitrogen and oxygen atoms in total. The second kappa shape index (κ2) is 6.29. The summed E-state index contributed by atoms with van der Waals surface area (Å²) < 4.78 is 5.61. The van der Waals surface area contributed by atoms with E-state index in [1.807, 2.05) is 0 Å². The van der Waals surface area contributed by atoms with Crippen LogP contribution in [-0.2, 0) is 9.53 Å². The number of nitrogens with one attached hydrogen (secondary N) is 2. The zero-order chi connectivity index (χ0) is 15.5. The van der Waals surface area contributed by atoms with Crippen LogP contribution >= 0.6 is 0 Å². The van der Waals surface area contributed by atoms with Crippen LogP contribution in [0.4, 0.5) is 0 Å². The molecule has 8 heteroatoms. The minimum absolute atomic E-state index is 0.0152. The van der Waals surface area contributed by atoms with Crippen molar-refractivity contribution in [3.63, 3.8) is 0 Å².